The summed E-state index contributed by atoms with van der Waals surface area (Å²) in [6, 6.07) is 10.3. The fourth-order valence-corrected chi connectivity index (χ4v) is 0.760. The Morgan fingerprint density at radius 3 is 1.75 bits per heavy atom. The second-order valence-corrected chi connectivity index (χ2v) is 2.93. The van der Waals surface area contributed by atoms with Crippen molar-refractivity contribution >= 4 is 11.9 Å². The predicted molar refractivity (Wildman–Crippen MR) is 57.3 cm³/mol. The number of ether oxygens (including phenoxy) is 1. The number of hydrogen-bond acceptors (Lipinski definition) is 3. The molecule has 0 amide bonds. The molecule has 1 rings (SSSR count). The molecule has 88 valence electrons. The Bertz CT molecular complexity index is 306. The van der Waals surface area contributed by atoms with Crippen molar-refractivity contribution < 1.29 is 24.5 Å². The summed E-state index contributed by atoms with van der Waals surface area (Å²) in [5, 5.41) is 15.8. The molecular weight excluding hydrogens is 212 g/mol. The molecule has 5 heteroatoms. The van der Waals surface area contributed by atoms with Gasteiger partial charge < -0.3 is 14.9 Å². The van der Waals surface area contributed by atoms with Crippen LogP contribution in [0.5, 0.6) is 0 Å². The monoisotopic (exact) mass is 226 g/mol. The summed E-state index contributed by atoms with van der Waals surface area (Å²) in [7, 11) is 0. The molecule has 0 saturated carbocycles. The van der Waals surface area contributed by atoms with E-state index in [1.165, 1.54) is 5.56 Å². The molecule has 1 aromatic rings. The van der Waals surface area contributed by atoms with Gasteiger partial charge in [0.15, 0.2) is 0 Å². The minimum absolute atomic E-state index is 0.563. The van der Waals surface area contributed by atoms with E-state index in [1.807, 2.05) is 18.2 Å². The zero-order chi connectivity index (χ0) is 12.4. The third-order valence-corrected chi connectivity index (χ3v) is 1.39. The first kappa shape index (κ1) is 14.1. The van der Waals surface area contributed by atoms with Gasteiger partial charge in [-0.2, -0.15) is 0 Å². The van der Waals surface area contributed by atoms with Crippen molar-refractivity contribution in [2.45, 2.75) is 6.92 Å². The van der Waals surface area contributed by atoms with E-state index in [-0.39, 0.29) is 0 Å². The van der Waals surface area contributed by atoms with E-state index >= 15 is 0 Å². The fourth-order valence-electron chi connectivity index (χ4n) is 0.760. The Labute approximate surface area is 93.3 Å². The van der Waals surface area contributed by atoms with Gasteiger partial charge in [-0.05, 0) is 6.92 Å². The van der Waals surface area contributed by atoms with E-state index < -0.39 is 25.2 Å². The van der Waals surface area contributed by atoms with E-state index in [0.717, 1.165) is 0 Å². The van der Waals surface area contributed by atoms with Gasteiger partial charge in [-0.3, -0.25) is 0 Å². The van der Waals surface area contributed by atoms with Gasteiger partial charge in [0, 0.05) is 0 Å². The van der Waals surface area contributed by atoms with Gasteiger partial charge in [0.05, 0.1) is 0 Å². The van der Waals surface area contributed by atoms with Gasteiger partial charge in [0.2, 0.25) is 0 Å². The van der Waals surface area contributed by atoms with Crippen LogP contribution in [0.25, 0.3) is 0 Å². The number of rotatable bonds is 4. The van der Waals surface area contributed by atoms with Crippen molar-refractivity contribution in [3.8, 4) is 0 Å². The van der Waals surface area contributed by atoms with Crippen LogP contribution in [-0.2, 0) is 14.3 Å². The first-order valence-electron chi connectivity index (χ1n) is 4.55. The lowest BCUT2D eigenvalue weighted by molar-refractivity contribution is -0.148. The molecular formula is C11H14O5. The van der Waals surface area contributed by atoms with Crippen LogP contribution >= 0.6 is 0 Å². The lowest BCUT2D eigenvalue weighted by Gasteiger charge is -1.92. The number of aliphatic carboxylic acids is 2. The first-order valence-corrected chi connectivity index (χ1v) is 4.55. The molecule has 0 unspecified atom stereocenters. The third kappa shape index (κ3) is 10.2. The molecule has 0 radical (unpaired) electrons. The van der Waals surface area contributed by atoms with Crippen LogP contribution in [0.3, 0.4) is 0 Å². The Balaban J connectivity index is 0.000000288. The molecule has 1 aromatic carbocycles. The normalized spacial score (nSPS) is 8.81. The molecule has 0 bridgehead atoms. The summed E-state index contributed by atoms with van der Waals surface area (Å²) in [4.78, 5) is 19.3. The molecule has 0 fully saturated rings. The summed E-state index contributed by atoms with van der Waals surface area (Å²) in [6.07, 6.45) is 0. The highest BCUT2D eigenvalue weighted by Gasteiger charge is 1.98. The summed E-state index contributed by atoms with van der Waals surface area (Å²) < 4.78 is 4.16. The van der Waals surface area contributed by atoms with Gasteiger partial charge in [-0.25, -0.2) is 9.59 Å². The summed E-state index contributed by atoms with van der Waals surface area (Å²) in [5.74, 6) is -2.34. The quantitative estimate of drug-likeness (QED) is 0.805. The van der Waals surface area contributed by atoms with E-state index in [2.05, 4.69) is 23.8 Å². The fraction of sp³-hybridized carbons (Fsp3) is 0.273. The molecule has 2 N–H and O–H groups in total. The van der Waals surface area contributed by atoms with Gasteiger partial charge in [0.1, 0.15) is 13.2 Å². The molecule has 0 saturated heterocycles. The van der Waals surface area contributed by atoms with Gasteiger partial charge in [-0.15, -0.1) is 0 Å². The lowest BCUT2D eigenvalue weighted by Crippen LogP contribution is -2.13. The molecule has 0 aliphatic heterocycles. The van der Waals surface area contributed by atoms with E-state index in [0.29, 0.717) is 0 Å². The Kier molecular flexibility index (Phi) is 7.44. The Morgan fingerprint density at radius 2 is 1.50 bits per heavy atom. The van der Waals surface area contributed by atoms with Crippen LogP contribution in [0.2, 0.25) is 0 Å². The molecule has 5 nitrogen and oxygen atoms in total. The minimum Gasteiger partial charge on any atom is -0.480 e. The molecule has 0 spiro atoms. The van der Waals surface area contributed by atoms with E-state index in [1.54, 1.807) is 0 Å². The van der Waals surface area contributed by atoms with Crippen molar-refractivity contribution in [3.63, 3.8) is 0 Å². The smallest absolute Gasteiger partial charge is 0.329 e. The molecule has 16 heavy (non-hydrogen) atoms. The Morgan fingerprint density at radius 1 is 1.06 bits per heavy atom. The van der Waals surface area contributed by atoms with Crippen LogP contribution in [-0.4, -0.2) is 35.4 Å². The zero-order valence-corrected chi connectivity index (χ0v) is 8.92. The van der Waals surface area contributed by atoms with Crippen LogP contribution in [0.1, 0.15) is 5.56 Å². The maximum Gasteiger partial charge on any atom is 0.329 e. The molecule has 0 atom stereocenters. The minimum atomic E-state index is -1.17. The highest BCUT2D eigenvalue weighted by molar-refractivity contribution is 5.70. The van der Waals surface area contributed by atoms with Crippen molar-refractivity contribution in [1.29, 1.82) is 0 Å². The summed E-state index contributed by atoms with van der Waals surface area (Å²) in [6.45, 7) is 0.957. The van der Waals surface area contributed by atoms with Crippen molar-refractivity contribution in [2.24, 2.45) is 0 Å². The SMILES string of the molecule is Cc1ccccc1.O=C(O)COCC(=O)O. The molecule has 0 aliphatic rings. The summed E-state index contributed by atoms with van der Waals surface area (Å²) in [5.41, 5.74) is 1.32. The van der Waals surface area contributed by atoms with Crippen LogP contribution < -0.4 is 0 Å². The maximum absolute atomic E-state index is 9.66. The second-order valence-electron chi connectivity index (χ2n) is 2.93. The Hall–Kier alpha value is -1.88. The average Bonchev–Trinajstić information content (AvgIpc) is 2.18. The van der Waals surface area contributed by atoms with Crippen molar-refractivity contribution in [3.05, 3.63) is 35.9 Å². The van der Waals surface area contributed by atoms with E-state index in [4.69, 9.17) is 10.2 Å². The van der Waals surface area contributed by atoms with Gasteiger partial charge in [0.25, 0.3) is 0 Å². The number of benzene rings is 1. The van der Waals surface area contributed by atoms with Gasteiger partial charge >= 0.3 is 11.9 Å². The molecule has 0 heterocycles. The van der Waals surface area contributed by atoms with Crippen LogP contribution in [0, 0.1) is 6.92 Å². The maximum atomic E-state index is 9.66. The number of aryl methyl sites for hydroxylation is 1. The standard InChI is InChI=1S/C7H8.C4H6O5/c1-7-5-3-2-4-6-7;5-3(6)1-9-2-4(7)8/h2-6H,1H3;1-2H2,(H,5,6)(H,7,8). The molecule has 0 aliphatic carbocycles. The van der Waals surface area contributed by atoms with Crippen molar-refractivity contribution in [2.75, 3.05) is 13.2 Å². The number of carboxylic acids is 2. The average molecular weight is 226 g/mol. The summed E-state index contributed by atoms with van der Waals surface area (Å²) >= 11 is 0. The number of carboxylic acid groups (broad SMARTS) is 2. The first-order chi connectivity index (χ1) is 7.52. The van der Waals surface area contributed by atoms with Crippen LogP contribution in [0.15, 0.2) is 30.3 Å². The number of hydrogen-bond donors (Lipinski definition) is 2. The zero-order valence-electron chi connectivity index (χ0n) is 8.92. The van der Waals surface area contributed by atoms with Crippen molar-refractivity contribution in [1.82, 2.24) is 0 Å². The van der Waals surface area contributed by atoms with Gasteiger partial charge in [-0.1, -0.05) is 35.9 Å². The third-order valence-electron chi connectivity index (χ3n) is 1.39. The second kappa shape index (κ2) is 8.43. The topological polar surface area (TPSA) is 83.8 Å². The highest BCUT2D eigenvalue weighted by Crippen LogP contribution is 1.92. The predicted octanol–water partition coefficient (Wildman–Crippen LogP) is 1.17. The highest BCUT2D eigenvalue weighted by atomic mass is 16.5. The van der Waals surface area contributed by atoms with E-state index in [9.17, 15) is 9.59 Å². The molecule has 0 aromatic heterocycles. The largest absolute Gasteiger partial charge is 0.480 e. The lowest BCUT2D eigenvalue weighted by atomic mass is 10.2. The number of carbonyl (C=O) groups is 2. The van der Waals surface area contributed by atoms with Crippen LogP contribution in [0.4, 0.5) is 0 Å².